The lowest BCUT2D eigenvalue weighted by Gasteiger charge is -2.25. The Morgan fingerprint density at radius 2 is 1.87 bits per heavy atom. The van der Waals surface area contributed by atoms with Crippen molar-refractivity contribution in [1.29, 1.82) is 0 Å². The van der Waals surface area contributed by atoms with Crippen molar-refractivity contribution < 1.29 is 19.4 Å². The van der Waals surface area contributed by atoms with Crippen molar-refractivity contribution in [3.8, 4) is 0 Å². The molecule has 31 heavy (non-hydrogen) atoms. The van der Waals surface area contributed by atoms with Crippen LogP contribution in [0.4, 0.5) is 0 Å². The number of ether oxygens (including phenoxy) is 1. The van der Waals surface area contributed by atoms with Crippen LogP contribution in [0.15, 0.2) is 53.4 Å². The first kappa shape index (κ1) is 21.9. The summed E-state index contributed by atoms with van der Waals surface area (Å²) in [5.41, 5.74) is 1.86. The summed E-state index contributed by atoms with van der Waals surface area (Å²) in [5, 5.41) is 13.0. The van der Waals surface area contributed by atoms with Crippen molar-refractivity contribution in [2.75, 3.05) is 0 Å². The number of aromatic carboxylic acids is 1. The fourth-order valence-electron chi connectivity index (χ4n) is 3.69. The minimum absolute atomic E-state index is 0.0363. The molecule has 0 unspecified atom stereocenters. The molecule has 2 aromatic carbocycles. The lowest BCUT2D eigenvalue weighted by Crippen LogP contribution is -2.44. The van der Waals surface area contributed by atoms with Crippen LogP contribution in [0.5, 0.6) is 0 Å². The molecule has 4 rings (SSSR count). The first-order valence-corrected chi connectivity index (χ1v) is 11.8. The molecular weight excluding hydrogens is 410 g/mol. The lowest BCUT2D eigenvalue weighted by molar-refractivity contribution is -0.137. The second kappa shape index (κ2) is 9.05. The first-order valence-electron chi connectivity index (χ1n) is 10.9. The van der Waals surface area contributed by atoms with Crippen LogP contribution in [0.25, 0.3) is 0 Å². The molecule has 2 fully saturated rings. The summed E-state index contributed by atoms with van der Waals surface area (Å²) >= 11 is 1.92. The molecule has 0 radical (unpaired) electrons. The van der Waals surface area contributed by atoms with Crippen molar-refractivity contribution in [2.45, 2.75) is 67.9 Å². The second-order valence-corrected chi connectivity index (χ2v) is 10.3. The molecule has 0 aliphatic heterocycles. The van der Waals surface area contributed by atoms with Crippen LogP contribution >= 0.6 is 11.8 Å². The monoisotopic (exact) mass is 439 g/mol. The zero-order chi connectivity index (χ0) is 22.0. The lowest BCUT2D eigenvalue weighted by atomic mass is 10.0. The van der Waals surface area contributed by atoms with E-state index in [9.17, 15) is 9.59 Å². The number of thioether (sulfide) groups is 1. The Morgan fingerprint density at radius 3 is 2.45 bits per heavy atom. The Labute approximate surface area is 187 Å². The van der Waals surface area contributed by atoms with E-state index in [1.54, 1.807) is 24.3 Å². The SMILES string of the molecule is CC(C)[C@@H](OCc1cccc(SC2CC2)c1)C(=O)NC1(c2ccc(C(=O)O)cc2)CC1. The van der Waals surface area contributed by atoms with Crippen molar-refractivity contribution in [3.05, 3.63) is 65.2 Å². The fourth-order valence-corrected chi connectivity index (χ4v) is 4.83. The molecule has 1 amide bonds. The summed E-state index contributed by atoms with van der Waals surface area (Å²) in [7, 11) is 0. The van der Waals surface area contributed by atoms with E-state index in [-0.39, 0.29) is 17.4 Å². The molecule has 2 aliphatic rings. The number of carbonyl (C=O) groups excluding carboxylic acids is 1. The molecule has 0 aromatic heterocycles. The van der Waals surface area contributed by atoms with Crippen LogP contribution in [-0.4, -0.2) is 28.3 Å². The van der Waals surface area contributed by atoms with E-state index in [1.165, 1.54) is 17.7 Å². The van der Waals surface area contributed by atoms with Gasteiger partial charge in [-0.15, -0.1) is 11.8 Å². The maximum Gasteiger partial charge on any atom is 0.335 e. The summed E-state index contributed by atoms with van der Waals surface area (Å²) in [6.45, 7) is 4.38. The Kier molecular flexibility index (Phi) is 6.39. The molecule has 2 saturated carbocycles. The van der Waals surface area contributed by atoms with Gasteiger partial charge in [0.05, 0.1) is 17.7 Å². The number of carboxylic acid groups (broad SMARTS) is 1. The molecule has 2 aliphatic carbocycles. The van der Waals surface area contributed by atoms with Gasteiger partial charge in [-0.1, -0.05) is 38.1 Å². The smallest absolute Gasteiger partial charge is 0.335 e. The van der Waals surface area contributed by atoms with Crippen LogP contribution in [0.1, 0.15) is 61.0 Å². The van der Waals surface area contributed by atoms with Gasteiger partial charge < -0.3 is 15.2 Å². The quantitative estimate of drug-likeness (QED) is 0.546. The highest BCUT2D eigenvalue weighted by atomic mass is 32.2. The van der Waals surface area contributed by atoms with Crippen LogP contribution in [-0.2, 0) is 21.7 Å². The van der Waals surface area contributed by atoms with Gasteiger partial charge in [0.2, 0.25) is 5.91 Å². The topological polar surface area (TPSA) is 75.6 Å². The number of benzene rings is 2. The third-order valence-electron chi connectivity index (χ3n) is 5.82. The van der Waals surface area contributed by atoms with Crippen molar-refractivity contribution in [2.24, 2.45) is 5.92 Å². The number of amides is 1. The number of nitrogens with one attached hydrogen (secondary N) is 1. The number of rotatable bonds is 10. The molecule has 0 bridgehead atoms. The standard InChI is InChI=1S/C25H29NO4S/c1-16(2)22(30-15-17-4-3-5-21(14-17)31-20-10-11-20)23(27)26-25(12-13-25)19-8-6-18(7-9-19)24(28)29/h3-9,14,16,20,22H,10-13,15H2,1-2H3,(H,26,27)(H,28,29)/t22-/m1/s1. The van der Waals surface area contributed by atoms with Gasteiger partial charge in [-0.2, -0.15) is 0 Å². The summed E-state index contributed by atoms with van der Waals surface area (Å²) < 4.78 is 6.09. The predicted molar refractivity (Wildman–Crippen MR) is 121 cm³/mol. The van der Waals surface area contributed by atoms with Crippen LogP contribution in [0.2, 0.25) is 0 Å². The maximum atomic E-state index is 13.1. The molecule has 0 saturated heterocycles. The van der Waals surface area contributed by atoms with Gasteiger partial charge in [-0.3, -0.25) is 4.79 Å². The van der Waals surface area contributed by atoms with E-state index in [1.807, 2.05) is 37.7 Å². The van der Waals surface area contributed by atoms with E-state index >= 15 is 0 Å². The fraction of sp³-hybridized carbons (Fsp3) is 0.440. The van der Waals surface area contributed by atoms with Crippen molar-refractivity contribution in [3.63, 3.8) is 0 Å². The Bertz CT molecular complexity index is 948. The highest BCUT2D eigenvalue weighted by Gasteiger charge is 2.46. The van der Waals surface area contributed by atoms with Gasteiger partial charge in [-0.25, -0.2) is 4.79 Å². The normalized spacial score (nSPS) is 17.9. The molecule has 5 nitrogen and oxygen atoms in total. The van der Waals surface area contributed by atoms with E-state index in [0.29, 0.717) is 6.61 Å². The summed E-state index contributed by atoms with van der Waals surface area (Å²) in [4.78, 5) is 25.5. The largest absolute Gasteiger partial charge is 0.478 e. The molecule has 2 N–H and O–H groups in total. The van der Waals surface area contributed by atoms with Gasteiger partial charge in [0.15, 0.2) is 0 Å². The molecule has 0 heterocycles. The van der Waals surface area contributed by atoms with Crippen LogP contribution in [0, 0.1) is 5.92 Å². The number of carboxylic acids is 1. The zero-order valence-electron chi connectivity index (χ0n) is 18.0. The summed E-state index contributed by atoms with van der Waals surface area (Å²) in [6, 6.07) is 15.2. The Hall–Kier alpha value is -2.31. The third-order valence-corrected chi connectivity index (χ3v) is 7.15. The number of carbonyl (C=O) groups is 2. The van der Waals surface area contributed by atoms with Crippen molar-refractivity contribution >= 4 is 23.6 Å². The van der Waals surface area contributed by atoms with E-state index in [4.69, 9.17) is 9.84 Å². The highest BCUT2D eigenvalue weighted by Crippen LogP contribution is 2.45. The Morgan fingerprint density at radius 1 is 1.16 bits per heavy atom. The van der Waals surface area contributed by atoms with Crippen LogP contribution in [0.3, 0.4) is 0 Å². The molecule has 1 atom stereocenters. The van der Waals surface area contributed by atoms with E-state index in [2.05, 4.69) is 17.4 Å². The molecular formula is C25H29NO4S. The molecule has 164 valence electrons. The van der Waals surface area contributed by atoms with Gasteiger partial charge in [0.1, 0.15) is 6.10 Å². The van der Waals surface area contributed by atoms with Crippen molar-refractivity contribution in [1.82, 2.24) is 5.32 Å². The van der Waals surface area contributed by atoms with Gasteiger partial charge in [-0.05, 0) is 67.0 Å². The van der Waals surface area contributed by atoms with E-state index in [0.717, 1.165) is 29.2 Å². The number of hydrogen-bond acceptors (Lipinski definition) is 4. The molecule has 6 heteroatoms. The average Bonchev–Trinajstić information content (AvgIpc) is 3.66. The van der Waals surface area contributed by atoms with E-state index < -0.39 is 17.6 Å². The molecule has 0 spiro atoms. The average molecular weight is 440 g/mol. The van der Waals surface area contributed by atoms with Gasteiger partial charge in [0.25, 0.3) is 0 Å². The minimum atomic E-state index is -0.951. The highest BCUT2D eigenvalue weighted by molar-refractivity contribution is 8.00. The Balaban J connectivity index is 1.38. The van der Waals surface area contributed by atoms with Gasteiger partial charge >= 0.3 is 5.97 Å². The summed E-state index contributed by atoms with van der Waals surface area (Å²) in [6.07, 6.45) is 3.73. The van der Waals surface area contributed by atoms with Gasteiger partial charge in [0, 0.05) is 10.1 Å². The third kappa shape index (κ3) is 5.49. The first-order chi connectivity index (χ1) is 14.9. The number of hydrogen-bond donors (Lipinski definition) is 2. The maximum absolute atomic E-state index is 13.1. The second-order valence-electron chi connectivity index (χ2n) is 8.89. The molecule has 2 aromatic rings. The zero-order valence-corrected chi connectivity index (χ0v) is 18.8. The van der Waals surface area contributed by atoms with Crippen LogP contribution < -0.4 is 5.32 Å². The summed E-state index contributed by atoms with van der Waals surface area (Å²) in [5.74, 6) is -1.03. The predicted octanol–water partition coefficient (Wildman–Crippen LogP) is 4.99. The minimum Gasteiger partial charge on any atom is -0.478 e.